The Morgan fingerprint density at radius 1 is 1.19 bits per heavy atom. The van der Waals surface area contributed by atoms with Gasteiger partial charge in [0.25, 0.3) is 11.5 Å². The molecular formula is C18H16ClN5O2. The average Bonchev–Trinajstić information content (AvgIpc) is 2.68. The van der Waals surface area contributed by atoms with Crippen LogP contribution in [0.25, 0.3) is 11.0 Å². The molecule has 3 aromatic rings. The molecule has 0 radical (unpaired) electrons. The van der Waals surface area contributed by atoms with E-state index in [1.807, 2.05) is 18.2 Å². The number of amides is 1. The number of piperidine rings is 1. The minimum atomic E-state index is -0.322. The lowest BCUT2D eigenvalue weighted by atomic mass is 9.92. The van der Waals surface area contributed by atoms with Gasteiger partial charge in [0.15, 0.2) is 5.65 Å². The second kappa shape index (κ2) is 6.84. The second-order valence-electron chi connectivity index (χ2n) is 6.31. The third kappa shape index (κ3) is 3.30. The minimum absolute atomic E-state index is 0.164. The Bertz CT molecular complexity index is 1010. The summed E-state index contributed by atoms with van der Waals surface area (Å²) in [5.41, 5.74) is 1.61. The molecule has 0 bridgehead atoms. The fourth-order valence-electron chi connectivity index (χ4n) is 3.23. The van der Waals surface area contributed by atoms with Crippen molar-refractivity contribution in [2.24, 2.45) is 0 Å². The zero-order chi connectivity index (χ0) is 18.1. The molecule has 0 aliphatic carbocycles. The van der Waals surface area contributed by atoms with E-state index in [9.17, 15) is 9.59 Å². The number of pyridine rings is 2. The first kappa shape index (κ1) is 16.7. The van der Waals surface area contributed by atoms with Crippen LogP contribution in [-0.4, -0.2) is 44.1 Å². The number of hydrogen-bond acceptors (Lipinski definition) is 5. The Balaban J connectivity index is 1.46. The Morgan fingerprint density at radius 3 is 2.73 bits per heavy atom. The number of aromatic nitrogens is 4. The molecule has 1 aliphatic heterocycles. The molecular weight excluding hydrogens is 354 g/mol. The highest BCUT2D eigenvalue weighted by Gasteiger charge is 2.26. The molecule has 132 valence electrons. The van der Waals surface area contributed by atoms with E-state index in [0.29, 0.717) is 23.8 Å². The molecule has 1 fully saturated rings. The van der Waals surface area contributed by atoms with Crippen molar-refractivity contribution < 1.29 is 4.79 Å². The van der Waals surface area contributed by atoms with E-state index < -0.39 is 0 Å². The third-order valence-electron chi connectivity index (χ3n) is 4.63. The maximum Gasteiger partial charge on any atom is 0.274 e. The summed E-state index contributed by atoms with van der Waals surface area (Å²) < 4.78 is 0. The quantitative estimate of drug-likeness (QED) is 0.748. The van der Waals surface area contributed by atoms with Gasteiger partial charge in [0.05, 0.1) is 5.02 Å². The van der Waals surface area contributed by atoms with Crippen LogP contribution in [0, 0.1) is 0 Å². The number of fused-ring (bicyclic) bond motifs is 1. The summed E-state index contributed by atoms with van der Waals surface area (Å²) in [4.78, 5) is 34.2. The molecule has 0 unspecified atom stereocenters. The van der Waals surface area contributed by atoms with Crippen LogP contribution in [0.5, 0.6) is 0 Å². The fourth-order valence-corrected chi connectivity index (χ4v) is 3.40. The van der Waals surface area contributed by atoms with Crippen LogP contribution in [0.1, 0.15) is 34.9 Å². The summed E-state index contributed by atoms with van der Waals surface area (Å²) in [7, 11) is 0. The van der Waals surface area contributed by atoms with Crippen molar-refractivity contribution in [1.29, 1.82) is 0 Å². The predicted octanol–water partition coefficient (Wildman–Crippen LogP) is 2.39. The largest absolute Gasteiger partial charge is 0.337 e. The minimum Gasteiger partial charge on any atom is -0.337 e. The molecule has 3 aromatic heterocycles. The standard InChI is InChI=1S/C18H16ClN5O2/c19-13-9-12-1-2-14(21-17(12)20-10-13)11-5-7-24(8-6-11)18(26)15-3-4-16(25)23-22-15/h1-4,9-11H,5-8H2,(H,23,25). The van der Waals surface area contributed by atoms with Crippen LogP contribution in [0.15, 0.2) is 41.3 Å². The lowest BCUT2D eigenvalue weighted by Gasteiger charge is -2.31. The van der Waals surface area contributed by atoms with Gasteiger partial charge in [0, 0.05) is 42.4 Å². The van der Waals surface area contributed by atoms with Gasteiger partial charge in [-0.05, 0) is 37.1 Å². The monoisotopic (exact) mass is 369 g/mol. The Labute approximate surface area is 154 Å². The maximum atomic E-state index is 12.5. The van der Waals surface area contributed by atoms with Crippen molar-refractivity contribution in [1.82, 2.24) is 25.1 Å². The van der Waals surface area contributed by atoms with Crippen LogP contribution in [0.4, 0.5) is 0 Å². The Kier molecular flexibility index (Phi) is 4.38. The van der Waals surface area contributed by atoms with E-state index in [4.69, 9.17) is 11.6 Å². The molecule has 0 spiro atoms. The summed E-state index contributed by atoms with van der Waals surface area (Å²) in [5.74, 6) is 0.118. The van der Waals surface area contributed by atoms with E-state index in [1.54, 1.807) is 11.1 Å². The summed E-state index contributed by atoms with van der Waals surface area (Å²) in [6.07, 6.45) is 3.24. The van der Waals surface area contributed by atoms with E-state index in [-0.39, 0.29) is 23.1 Å². The lowest BCUT2D eigenvalue weighted by Crippen LogP contribution is -2.38. The van der Waals surface area contributed by atoms with Crippen molar-refractivity contribution >= 4 is 28.5 Å². The van der Waals surface area contributed by atoms with Gasteiger partial charge in [0.2, 0.25) is 0 Å². The zero-order valence-electron chi connectivity index (χ0n) is 13.9. The van der Waals surface area contributed by atoms with Crippen LogP contribution in [-0.2, 0) is 0 Å². The SMILES string of the molecule is O=C(c1ccc(=O)[nH]n1)N1CCC(c2ccc3cc(Cl)cnc3n2)CC1. The molecule has 7 nitrogen and oxygen atoms in total. The third-order valence-corrected chi connectivity index (χ3v) is 4.84. The highest BCUT2D eigenvalue weighted by Crippen LogP contribution is 2.28. The highest BCUT2D eigenvalue weighted by atomic mass is 35.5. The van der Waals surface area contributed by atoms with Crippen LogP contribution < -0.4 is 5.56 Å². The molecule has 26 heavy (non-hydrogen) atoms. The zero-order valence-corrected chi connectivity index (χ0v) is 14.6. The first-order valence-electron chi connectivity index (χ1n) is 8.37. The number of aromatic amines is 1. The topological polar surface area (TPSA) is 91.8 Å². The second-order valence-corrected chi connectivity index (χ2v) is 6.75. The fraction of sp³-hybridized carbons (Fsp3) is 0.278. The van der Waals surface area contributed by atoms with Crippen LogP contribution in [0.2, 0.25) is 5.02 Å². The molecule has 1 aliphatic rings. The summed E-state index contributed by atoms with van der Waals surface area (Å²) in [6, 6.07) is 8.60. The number of halogens is 1. The molecule has 0 atom stereocenters. The first-order chi connectivity index (χ1) is 12.6. The van der Waals surface area contributed by atoms with E-state index >= 15 is 0 Å². The molecule has 1 amide bonds. The predicted molar refractivity (Wildman–Crippen MR) is 97.3 cm³/mol. The first-order valence-corrected chi connectivity index (χ1v) is 8.75. The molecule has 4 rings (SSSR count). The van der Waals surface area contributed by atoms with Gasteiger partial charge in [-0.15, -0.1) is 0 Å². The molecule has 0 saturated carbocycles. The van der Waals surface area contributed by atoms with Crippen molar-refractivity contribution in [3.63, 3.8) is 0 Å². The van der Waals surface area contributed by atoms with Crippen molar-refractivity contribution in [2.75, 3.05) is 13.1 Å². The van der Waals surface area contributed by atoms with Gasteiger partial charge in [-0.2, -0.15) is 5.10 Å². The number of hydrogen-bond donors (Lipinski definition) is 1. The molecule has 0 aromatic carbocycles. The number of nitrogens with zero attached hydrogens (tertiary/aromatic N) is 4. The van der Waals surface area contributed by atoms with Gasteiger partial charge >= 0.3 is 0 Å². The average molecular weight is 370 g/mol. The highest BCUT2D eigenvalue weighted by molar-refractivity contribution is 6.31. The van der Waals surface area contributed by atoms with Crippen LogP contribution >= 0.6 is 11.6 Å². The number of rotatable bonds is 2. The Morgan fingerprint density at radius 2 is 2.00 bits per heavy atom. The van der Waals surface area contributed by atoms with Gasteiger partial charge < -0.3 is 4.90 Å². The number of carbonyl (C=O) groups is 1. The molecule has 4 heterocycles. The van der Waals surface area contributed by atoms with Crippen molar-refractivity contribution in [3.05, 3.63) is 63.3 Å². The van der Waals surface area contributed by atoms with Gasteiger partial charge in [0.1, 0.15) is 5.69 Å². The van der Waals surface area contributed by atoms with E-state index in [1.165, 1.54) is 12.1 Å². The van der Waals surface area contributed by atoms with Crippen molar-refractivity contribution in [2.45, 2.75) is 18.8 Å². The smallest absolute Gasteiger partial charge is 0.274 e. The Hall–Kier alpha value is -2.80. The number of H-pyrrole nitrogens is 1. The summed E-state index contributed by atoms with van der Waals surface area (Å²) in [5, 5.41) is 7.61. The van der Waals surface area contributed by atoms with Gasteiger partial charge in [-0.3, -0.25) is 9.59 Å². The summed E-state index contributed by atoms with van der Waals surface area (Å²) in [6.45, 7) is 1.25. The molecule has 1 N–H and O–H groups in total. The van der Waals surface area contributed by atoms with Crippen molar-refractivity contribution in [3.8, 4) is 0 Å². The summed E-state index contributed by atoms with van der Waals surface area (Å²) >= 11 is 5.96. The number of likely N-dealkylation sites (tertiary alicyclic amines) is 1. The number of nitrogens with one attached hydrogen (secondary N) is 1. The molecule has 1 saturated heterocycles. The van der Waals surface area contributed by atoms with Crippen LogP contribution in [0.3, 0.4) is 0 Å². The van der Waals surface area contributed by atoms with E-state index in [0.717, 1.165) is 23.9 Å². The van der Waals surface area contributed by atoms with Gasteiger partial charge in [-0.25, -0.2) is 15.1 Å². The van der Waals surface area contributed by atoms with E-state index in [2.05, 4.69) is 20.2 Å². The van der Waals surface area contributed by atoms with Gasteiger partial charge in [-0.1, -0.05) is 11.6 Å². The normalized spacial score (nSPS) is 15.3. The molecule has 8 heteroatoms. The number of carbonyl (C=O) groups excluding carboxylic acids is 1. The maximum absolute atomic E-state index is 12.5. The lowest BCUT2D eigenvalue weighted by molar-refractivity contribution is 0.0705.